The van der Waals surface area contributed by atoms with Gasteiger partial charge in [0.1, 0.15) is 34.9 Å². The molecule has 43 heavy (non-hydrogen) atoms. The van der Waals surface area contributed by atoms with Crippen molar-refractivity contribution in [2.75, 3.05) is 38.7 Å². The number of carbonyl (C=O) groups excluding carboxylic acids is 1. The molecule has 0 spiro atoms. The summed E-state index contributed by atoms with van der Waals surface area (Å²) in [4.78, 5) is 27.6. The molecule has 11 nitrogen and oxygen atoms in total. The zero-order chi connectivity index (χ0) is 30.5. The Morgan fingerprint density at radius 1 is 1.26 bits per heavy atom. The summed E-state index contributed by atoms with van der Waals surface area (Å²) >= 11 is 0.840. The molecular formula is C29H28F2N6O5S. The topological polar surface area (TPSA) is 132 Å². The van der Waals surface area contributed by atoms with E-state index in [0.29, 0.717) is 29.7 Å². The van der Waals surface area contributed by atoms with Crippen LogP contribution in [-0.2, 0) is 27.4 Å². The Labute approximate surface area is 249 Å². The van der Waals surface area contributed by atoms with E-state index in [-0.39, 0.29) is 69.4 Å². The third-order valence-electron chi connectivity index (χ3n) is 7.05. The van der Waals surface area contributed by atoms with E-state index in [1.165, 1.54) is 6.20 Å². The Bertz CT molecular complexity index is 1800. The molecule has 1 amide bonds. The van der Waals surface area contributed by atoms with Gasteiger partial charge in [-0.3, -0.25) is 10.3 Å². The lowest BCUT2D eigenvalue weighted by molar-refractivity contribution is -0.0416. The van der Waals surface area contributed by atoms with Gasteiger partial charge in [-0.15, -0.1) is 11.3 Å². The fourth-order valence-corrected chi connectivity index (χ4v) is 6.24. The van der Waals surface area contributed by atoms with Crippen molar-refractivity contribution in [3.8, 4) is 23.3 Å². The van der Waals surface area contributed by atoms with E-state index >= 15 is 8.78 Å². The summed E-state index contributed by atoms with van der Waals surface area (Å²) < 4.78 is 54.2. The van der Waals surface area contributed by atoms with Crippen LogP contribution >= 0.6 is 11.3 Å². The van der Waals surface area contributed by atoms with Gasteiger partial charge in [0.15, 0.2) is 11.6 Å². The van der Waals surface area contributed by atoms with Gasteiger partial charge in [0.2, 0.25) is 0 Å². The van der Waals surface area contributed by atoms with Crippen molar-refractivity contribution in [1.82, 2.24) is 19.9 Å². The third-order valence-corrected chi connectivity index (χ3v) is 8.16. The first-order valence-corrected chi connectivity index (χ1v) is 14.4. The number of morpholine rings is 1. The number of carbonyl (C=O) groups is 1. The lowest BCUT2D eigenvalue weighted by atomic mass is 9.94. The van der Waals surface area contributed by atoms with Gasteiger partial charge < -0.3 is 23.8 Å². The van der Waals surface area contributed by atoms with E-state index in [0.717, 1.165) is 24.1 Å². The Kier molecular flexibility index (Phi) is 7.59. The maximum absolute atomic E-state index is 16.6. The summed E-state index contributed by atoms with van der Waals surface area (Å²) in [5, 5.41) is 13.2. The highest BCUT2D eigenvalue weighted by Crippen LogP contribution is 2.45. The number of halogens is 2. The van der Waals surface area contributed by atoms with Crippen LogP contribution in [0.4, 0.5) is 18.6 Å². The van der Waals surface area contributed by atoms with Crippen molar-refractivity contribution in [3.63, 3.8) is 0 Å². The van der Waals surface area contributed by atoms with Gasteiger partial charge in [-0.2, -0.15) is 10.2 Å². The average molecular weight is 611 g/mol. The number of nitriles is 1. The molecule has 5 heterocycles. The molecule has 3 aromatic heterocycles. The van der Waals surface area contributed by atoms with Crippen LogP contribution < -0.4 is 10.1 Å². The molecule has 2 aliphatic heterocycles. The molecule has 0 aliphatic carbocycles. The molecule has 2 aliphatic rings. The van der Waals surface area contributed by atoms with Crippen LogP contribution in [0.5, 0.6) is 6.01 Å². The largest absolute Gasteiger partial charge is 0.461 e. The van der Waals surface area contributed by atoms with Crippen molar-refractivity contribution in [3.05, 3.63) is 40.7 Å². The average Bonchev–Trinajstić information content (AvgIpc) is 3.57. The second-order valence-electron chi connectivity index (χ2n) is 11.3. The van der Waals surface area contributed by atoms with Gasteiger partial charge in [-0.05, 0) is 38.9 Å². The number of pyridine rings is 1. The van der Waals surface area contributed by atoms with Gasteiger partial charge in [0.05, 0.1) is 42.0 Å². The molecule has 0 unspecified atom stereocenters. The number of benzene rings is 1. The SMILES string of the molecule is CN1CCO[C@@H](COc2ncc3c4c(c(-c5ncc(F)c6sc(NC(=O)OC(C)(C)C)c(C#N)c56)c(F)c3n2)COC4)C1. The smallest absolute Gasteiger partial charge is 0.412 e. The summed E-state index contributed by atoms with van der Waals surface area (Å²) in [5.74, 6) is -1.46. The molecule has 14 heteroatoms. The van der Waals surface area contributed by atoms with Crippen LogP contribution in [0.25, 0.3) is 32.2 Å². The number of amides is 1. The molecule has 224 valence electrons. The van der Waals surface area contributed by atoms with E-state index in [1.807, 2.05) is 13.1 Å². The standard InChI is InChI=1S/C29H28F2N6O5S/c1-29(2,3)42-28(38)36-26-15(7-32)21-24(33-9-19(30)25(21)43-26)20-18-13-39-12-17(18)16-8-34-27(35-23(16)22(20)31)41-11-14-10-37(4)5-6-40-14/h8-9,14H,5-6,10-13H2,1-4H3,(H,36,38)/t14-/m1/s1. The van der Waals surface area contributed by atoms with Gasteiger partial charge >= 0.3 is 12.1 Å². The number of aromatic nitrogens is 3. The Balaban J connectivity index is 1.46. The Hall–Kier alpha value is -4.03. The highest BCUT2D eigenvalue weighted by Gasteiger charge is 2.31. The second kappa shape index (κ2) is 11.2. The molecule has 4 aromatic rings. The zero-order valence-electron chi connectivity index (χ0n) is 23.9. The van der Waals surface area contributed by atoms with Gasteiger partial charge in [0, 0.05) is 35.6 Å². The summed E-state index contributed by atoms with van der Waals surface area (Å²) in [5.41, 5.74) is 0.334. The minimum atomic E-state index is -0.814. The molecule has 0 saturated carbocycles. The van der Waals surface area contributed by atoms with E-state index in [4.69, 9.17) is 18.9 Å². The molecule has 1 N–H and O–H groups in total. The number of anilines is 1. The van der Waals surface area contributed by atoms with E-state index in [2.05, 4.69) is 25.2 Å². The molecule has 1 aromatic carbocycles. The highest BCUT2D eigenvalue weighted by molar-refractivity contribution is 7.23. The lowest BCUT2D eigenvalue weighted by Crippen LogP contribution is -2.42. The van der Waals surface area contributed by atoms with E-state index in [9.17, 15) is 10.1 Å². The third kappa shape index (κ3) is 5.56. The fraction of sp³-hybridized carbons (Fsp3) is 0.414. The van der Waals surface area contributed by atoms with Gasteiger partial charge in [-0.1, -0.05) is 0 Å². The summed E-state index contributed by atoms with van der Waals surface area (Å²) in [6.45, 7) is 7.59. The van der Waals surface area contributed by atoms with Crippen molar-refractivity contribution in [2.24, 2.45) is 0 Å². The van der Waals surface area contributed by atoms with Crippen molar-refractivity contribution in [1.29, 1.82) is 5.26 Å². The molecular weight excluding hydrogens is 582 g/mol. The summed E-state index contributed by atoms with van der Waals surface area (Å²) in [6, 6.07) is 2.00. The van der Waals surface area contributed by atoms with Crippen LogP contribution in [-0.4, -0.2) is 71.0 Å². The van der Waals surface area contributed by atoms with Crippen LogP contribution in [0.2, 0.25) is 0 Å². The number of rotatable bonds is 5. The lowest BCUT2D eigenvalue weighted by Gasteiger charge is -2.29. The summed E-state index contributed by atoms with van der Waals surface area (Å²) in [7, 11) is 1.99. The van der Waals surface area contributed by atoms with Crippen LogP contribution in [0, 0.1) is 23.0 Å². The zero-order valence-corrected chi connectivity index (χ0v) is 24.7. The predicted octanol–water partition coefficient (Wildman–Crippen LogP) is 5.14. The first-order chi connectivity index (χ1) is 20.5. The normalized spacial score (nSPS) is 17.2. The minimum Gasteiger partial charge on any atom is -0.461 e. The maximum Gasteiger partial charge on any atom is 0.412 e. The number of ether oxygens (including phenoxy) is 4. The monoisotopic (exact) mass is 610 g/mol. The Morgan fingerprint density at radius 3 is 2.79 bits per heavy atom. The number of nitrogens with zero attached hydrogens (tertiary/aromatic N) is 5. The minimum absolute atomic E-state index is 0.0222. The van der Waals surface area contributed by atoms with Gasteiger partial charge in [0.25, 0.3) is 0 Å². The van der Waals surface area contributed by atoms with Crippen molar-refractivity contribution < 1.29 is 32.5 Å². The maximum atomic E-state index is 16.6. The summed E-state index contributed by atoms with van der Waals surface area (Å²) in [6.07, 6.45) is 1.46. The Morgan fingerprint density at radius 2 is 2.05 bits per heavy atom. The molecule has 1 saturated heterocycles. The quantitative estimate of drug-likeness (QED) is 0.324. The fourth-order valence-electron chi connectivity index (χ4n) is 5.20. The number of nitrogens with one attached hydrogen (secondary N) is 1. The van der Waals surface area contributed by atoms with E-state index in [1.54, 1.807) is 20.8 Å². The molecule has 0 bridgehead atoms. The van der Waals surface area contributed by atoms with Crippen molar-refractivity contribution >= 4 is 43.4 Å². The number of fused-ring (bicyclic) bond motifs is 4. The van der Waals surface area contributed by atoms with Crippen LogP contribution in [0.3, 0.4) is 0 Å². The number of likely N-dealkylation sites (N-methyl/N-ethyl adjacent to an activating group) is 1. The molecule has 1 atom stereocenters. The highest BCUT2D eigenvalue weighted by atomic mass is 32.1. The molecule has 0 radical (unpaired) electrons. The molecule has 1 fully saturated rings. The van der Waals surface area contributed by atoms with Gasteiger partial charge in [-0.25, -0.2) is 18.6 Å². The molecule has 6 rings (SSSR count). The van der Waals surface area contributed by atoms with Crippen LogP contribution in [0.15, 0.2) is 12.4 Å². The number of thiophene rings is 1. The number of hydrogen-bond acceptors (Lipinski definition) is 11. The second-order valence-corrected chi connectivity index (χ2v) is 12.3. The first kappa shape index (κ1) is 29.1. The van der Waals surface area contributed by atoms with Crippen molar-refractivity contribution in [2.45, 2.75) is 45.7 Å². The van der Waals surface area contributed by atoms with Crippen LogP contribution in [0.1, 0.15) is 37.5 Å². The van der Waals surface area contributed by atoms with E-state index < -0.39 is 23.3 Å². The number of hydrogen-bond donors (Lipinski definition) is 1. The predicted molar refractivity (Wildman–Crippen MR) is 154 cm³/mol. The first-order valence-electron chi connectivity index (χ1n) is 13.6.